The van der Waals surface area contributed by atoms with E-state index < -0.39 is 9.84 Å². The van der Waals surface area contributed by atoms with Crippen molar-refractivity contribution in [2.75, 3.05) is 19.8 Å². The third-order valence-electron chi connectivity index (χ3n) is 5.23. The number of guanidine groups is 1. The second kappa shape index (κ2) is 9.42. The van der Waals surface area contributed by atoms with Gasteiger partial charge in [0.25, 0.3) is 0 Å². The molecule has 0 radical (unpaired) electrons. The quantitative estimate of drug-likeness (QED) is 0.340. The van der Waals surface area contributed by atoms with Crippen molar-refractivity contribution in [3.63, 3.8) is 0 Å². The van der Waals surface area contributed by atoms with Gasteiger partial charge < -0.3 is 10.6 Å². The van der Waals surface area contributed by atoms with Crippen molar-refractivity contribution >= 4 is 39.8 Å². The highest BCUT2D eigenvalue weighted by Crippen LogP contribution is 2.47. The monoisotopic (exact) mass is 531 g/mol. The molecule has 0 unspecified atom stereocenters. The first-order chi connectivity index (χ1) is 13.2. The minimum Gasteiger partial charge on any atom is -0.356 e. The molecule has 0 amide bonds. The fourth-order valence-electron chi connectivity index (χ4n) is 3.42. The van der Waals surface area contributed by atoms with Crippen molar-refractivity contribution in [3.05, 3.63) is 65.0 Å². The lowest BCUT2D eigenvalue weighted by Crippen LogP contribution is -2.40. The standard InChI is InChI=1S/C21H26FN3O2S.HI/c1-15-12-16(4-9-19(15)28(3,26)27)13-24-20(23-2)25-14-21(10-11-21)17-5-7-18(22)8-6-17;/h4-9,12H,10-11,13-14H2,1-3H3,(H2,23,24,25);1H. The summed E-state index contributed by atoms with van der Waals surface area (Å²) in [4.78, 5) is 4.61. The molecule has 2 N–H and O–H groups in total. The number of aliphatic imine (C=N–C) groups is 1. The second-order valence-electron chi connectivity index (χ2n) is 7.44. The number of halogens is 2. The number of hydrogen-bond donors (Lipinski definition) is 2. The Morgan fingerprint density at radius 1 is 1.14 bits per heavy atom. The first-order valence-corrected chi connectivity index (χ1v) is 11.1. The highest BCUT2D eigenvalue weighted by Gasteiger charge is 2.44. The normalized spacial score (nSPS) is 15.4. The average molecular weight is 531 g/mol. The van der Waals surface area contributed by atoms with Gasteiger partial charge in [-0.05, 0) is 54.7 Å². The van der Waals surface area contributed by atoms with Crippen molar-refractivity contribution in [1.82, 2.24) is 10.6 Å². The van der Waals surface area contributed by atoms with Crippen LogP contribution in [0.5, 0.6) is 0 Å². The smallest absolute Gasteiger partial charge is 0.191 e. The van der Waals surface area contributed by atoms with Gasteiger partial charge in [-0.3, -0.25) is 4.99 Å². The van der Waals surface area contributed by atoms with Crippen LogP contribution >= 0.6 is 24.0 Å². The minimum atomic E-state index is -3.21. The van der Waals surface area contributed by atoms with Crippen LogP contribution < -0.4 is 10.6 Å². The molecule has 29 heavy (non-hydrogen) atoms. The Labute approximate surface area is 189 Å². The van der Waals surface area contributed by atoms with Crippen LogP contribution in [0.3, 0.4) is 0 Å². The van der Waals surface area contributed by atoms with Crippen LogP contribution in [0.2, 0.25) is 0 Å². The molecule has 0 aliphatic heterocycles. The molecule has 2 aromatic carbocycles. The van der Waals surface area contributed by atoms with Gasteiger partial charge in [0.05, 0.1) is 4.90 Å². The van der Waals surface area contributed by atoms with Gasteiger partial charge in [0.1, 0.15) is 5.82 Å². The Hall–Kier alpha value is -1.68. The Morgan fingerprint density at radius 3 is 2.31 bits per heavy atom. The third kappa shape index (κ3) is 5.91. The average Bonchev–Trinajstić information content (AvgIpc) is 3.42. The molecule has 0 spiro atoms. The lowest BCUT2D eigenvalue weighted by atomic mass is 9.96. The summed E-state index contributed by atoms with van der Waals surface area (Å²) in [6, 6.07) is 12.0. The Kier molecular flexibility index (Phi) is 7.67. The lowest BCUT2D eigenvalue weighted by molar-refractivity contribution is 0.601. The minimum absolute atomic E-state index is 0. The molecular weight excluding hydrogens is 504 g/mol. The summed E-state index contributed by atoms with van der Waals surface area (Å²) in [7, 11) is -1.50. The van der Waals surface area contributed by atoms with Crippen LogP contribution in [0.1, 0.15) is 29.5 Å². The zero-order valence-corrected chi connectivity index (χ0v) is 20.0. The molecule has 1 aliphatic carbocycles. The van der Waals surface area contributed by atoms with Crippen molar-refractivity contribution in [1.29, 1.82) is 0 Å². The molecule has 1 saturated carbocycles. The maximum Gasteiger partial charge on any atom is 0.191 e. The summed E-state index contributed by atoms with van der Waals surface area (Å²) in [6.45, 7) is 3.06. The van der Waals surface area contributed by atoms with Crippen molar-refractivity contribution in [2.45, 2.75) is 36.6 Å². The summed E-state index contributed by atoms with van der Waals surface area (Å²) in [6.07, 6.45) is 3.34. The van der Waals surface area contributed by atoms with Crippen molar-refractivity contribution in [2.24, 2.45) is 4.99 Å². The molecule has 158 valence electrons. The van der Waals surface area contributed by atoms with E-state index in [0.717, 1.165) is 36.1 Å². The molecule has 1 fully saturated rings. The van der Waals surface area contributed by atoms with E-state index in [0.29, 0.717) is 17.4 Å². The molecule has 0 heterocycles. The molecule has 0 saturated heterocycles. The number of nitrogens with zero attached hydrogens (tertiary/aromatic N) is 1. The number of hydrogen-bond acceptors (Lipinski definition) is 3. The van der Waals surface area contributed by atoms with Gasteiger partial charge in [0.15, 0.2) is 15.8 Å². The number of aryl methyl sites for hydroxylation is 1. The van der Waals surface area contributed by atoms with Gasteiger partial charge in [0, 0.05) is 31.8 Å². The first-order valence-electron chi connectivity index (χ1n) is 9.24. The second-order valence-corrected chi connectivity index (χ2v) is 9.42. The van der Waals surface area contributed by atoms with Crippen LogP contribution in [0.15, 0.2) is 52.4 Å². The topological polar surface area (TPSA) is 70.6 Å². The van der Waals surface area contributed by atoms with Crippen molar-refractivity contribution in [3.8, 4) is 0 Å². The Balaban J connectivity index is 0.00000300. The zero-order valence-electron chi connectivity index (χ0n) is 16.8. The van der Waals surface area contributed by atoms with Gasteiger partial charge in [-0.15, -0.1) is 24.0 Å². The summed E-state index contributed by atoms with van der Waals surface area (Å²) in [5, 5.41) is 6.62. The third-order valence-corrected chi connectivity index (χ3v) is 6.48. The largest absolute Gasteiger partial charge is 0.356 e. The van der Waals surface area contributed by atoms with Gasteiger partial charge in [0.2, 0.25) is 0 Å². The number of nitrogens with one attached hydrogen (secondary N) is 2. The van der Waals surface area contributed by atoms with E-state index in [-0.39, 0.29) is 35.2 Å². The summed E-state index contributed by atoms with van der Waals surface area (Å²) < 4.78 is 36.6. The van der Waals surface area contributed by atoms with Gasteiger partial charge >= 0.3 is 0 Å². The van der Waals surface area contributed by atoms with E-state index in [4.69, 9.17) is 0 Å². The van der Waals surface area contributed by atoms with Crippen LogP contribution in [-0.2, 0) is 21.8 Å². The summed E-state index contributed by atoms with van der Waals surface area (Å²) in [5.74, 6) is 0.459. The highest BCUT2D eigenvalue weighted by atomic mass is 127. The van der Waals surface area contributed by atoms with Crippen molar-refractivity contribution < 1.29 is 12.8 Å². The predicted molar refractivity (Wildman–Crippen MR) is 125 cm³/mol. The van der Waals surface area contributed by atoms with E-state index in [9.17, 15) is 12.8 Å². The molecule has 0 aromatic heterocycles. The SMILES string of the molecule is CN=C(NCc1ccc(S(C)(=O)=O)c(C)c1)NCC1(c2ccc(F)cc2)CC1.I. The number of benzene rings is 2. The maximum atomic E-state index is 13.2. The van der Waals surface area contributed by atoms with Gasteiger partial charge in [-0.25, -0.2) is 12.8 Å². The maximum absolute atomic E-state index is 13.2. The molecular formula is C21H27FIN3O2S. The van der Waals surface area contributed by atoms with Gasteiger partial charge in [-0.2, -0.15) is 0 Å². The Bertz CT molecular complexity index is 987. The molecule has 2 aromatic rings. The fourth-order valence-corrected chi connectivity index (χ4v) is 4.38. The highest BCUT2D eigenvalue weighted by molar-refractivity contribution is 14.0. The summed E-state index contributed by atoms with van der Waals surface area (Å²) >= 11 is 0. The van der Waals surface area contributed by atoms with E-state index in [2.05, 4.69) is 15.6 Å². The number of rotatable bonds is 6. The fraction of sp³-hybridized carbons (Fsp3) is 0.381. The summed E-state index contributed by atoms with van der Waals surface area (Å²) in [5.41, 5.74) is 2.90. The van der Waals surface area contributed by atoms with Gasteiger partial charge in [-0.1, -0.05) is 24.3 Å². The van der Waals surface area contributed by atoms with Crippen LogP contribution in [0.25, 0.3) is 0 Å². The van der Waals surface area contributed by atoms with Crippen LogP contribution in [0, 0.1) is 12.7 Å². The Morgan fingerprint density at radius 2 is 1.79 bits per heavy atom. The molecule has 1 aliphatic rings. The number of sulfone groups is 1. The molecule has 5 nitrogen and oxygen atoms in total. The molecule has 3 rings (SSSR count). The molecule has 0 atom stereocenters. The van der Waals surface area contributed by atoms with E-state index in [1.165, 1.54) is 18.4 Å². The molecule has 0 bridgehead atoms. The zero-order chi connectivity index (χ0) is 20.4. The molecule has 8 heteroatoms. The lowest BCUT2D eigenvalue weighted by Gasteiger charge is -2.19. The van der Waals surface area contributed by atoms with E-state index in [1.807, 2.05) is 24.3 Å². The first kappa shape index (κ1) is 23.6. The van der Waals surface area contributed by atoms with E-state index >= 15 is 0 Å². The predicted octanol–water partition coefficient (Wildman–Crippen LogP) is 3.55. The van der Waals surface area contributed by atoms with E-state index in [1.54, 1.807) is 20.0 Å². The van der Waals surface area contributed by atoms with Crippen LogP contribution in [0.4, 0.5) is 4.39 Å². The van der Waals surface area contributed by atoms with Crippen LogP contribution in [-0.4, -0.2) is 34.2 Å².